The number of pyridine rings is 1. The van der Waals surface area contributed by atoms with Crippen molar-refractivity contribution in [3.63, 3.8) is 0 Å². The number of hydrogen-bond acceptors (Lipinski definition) is 5. The Balaban J connectivity index is 1.19. The highest BCUT2D eigenvalue weighted by atomic mass is 16.1. The third-order valence-electron chi connectivity index (χ3n) is 6.75. The second kappa shape index (κ2) is 8.63. The van der Waals surface area contributed by atoms with Crippen molar-refractivity contribution in [1.82, 2.24) is 9.88 Å². The lowest BCUT2D eigenvalue weighted by molar-refractivity contribution is 0.102. The Labute approximate surface area is 189 Å². The maximum atomic E-state index is 12.6. The van der Waals surface area contributed by atoms with Gasteiger partial charge in [0.1, 0.15) is 5.82 Å². The van der Waals surface area contributed by atoms with E-state index in [-0.39, 0.29) is 5.91 Å². The number of nitrogens with two attached hydrogens (primary N) is 1. The van der Waals surface area contributed by atoms with Crippen LogP contribution in [0.3, 0.4) is 0 Å². The van der Waals surface area contributed by atoms with E-state index in [1.807, 2.05) is 24.3 Å². The van der Waals surface area contributed by atoms with E-state index < -0.39 is 0 Å². The molecule has 1 amide bonds. The number of carbonyl (C=O) groups excluding carboxylic acids is 1. The normalized spacial score (nSPS) is 20.7. The van der Waals surface area contributed by atoms with Crippen LogP contribution >= 0.6 is 0 Å². The molecule has 0 saturated carbocycles. The van der Waals surface area contributed by atoms with Crippen molar-refractivity contribution >= 4 is 23.1 Å². The van der Waals surface area contributed by atoms with Crippen LogP contribution in [-0.2, 0) is 6.54 Å². The van der Waals surface area contributed by atoms with Crippen molar-refractivity contribution in [2.45, 2.75) is 19.4 Å². The van der Waals surface area contributed by atoms with Crippen molar-refractivity contribution in [3.05, 3.63) is 84.1 Å². The lowest BCUT2D eigenvalue weighted by Crippen LogP contribution is -2.31. The number of rotatable bonds is 5. The first-order valence-electron chi connectivity index (χ1n) is 11.2. The van der Waals surface area contributed by atoms with Crippen LogP contribution in [0.5, 0.6) is 0 Å². The largest absolute Gasteiger partial charge is 0.397 e. The van der Waals surface area contributed by atoms with Crippen molar-refractivity contribution in [2.24, 2.45) is 5.41 Å². The molecule has 2 saturated heterocycles. The lowest BCUT2D eigenvalue weighted by atomic mass is 9.86. The van der Waals surface area contributed by atoms with Crippen LogP contribution in [-0.4, -0.2) is 42.0 Å². The zero-order chi connectivity index (χ0) is 22.0. The molecule has 1 aromatic heterocycles. The van der Waals surface area contributed by atoms with E-state index in [4.69, 9.17) is 5.73 Å². The number of anilines is 3. The molecule has 32 heavy (non-hydrogen) atoms. The van der Waals surface area contributed by atoms with Gasteiger partial charge in [-0.05, 0) is 49.2 Å². The SMILES string of the molecule is Nc1ccccc1NC(=O)c1ccc(N2CCC3(CCN(Cc4ccccc4)C3)C2)nc1. The van der Waals surface area contributed by atoms with E-state index >= 15 is 0 Å². The quantitative estimate of drug-likeness (QED) is 0.602. The van der Waals surface area contributed by atoms with Crippen LogP contribution in [0.4, 0.5) is 17.2 Å². The fourth-order valence-electron chi connectivity index (χ4n) is 4.98. The number of amides is 1. The van der Waals surface area contributed by atoms with Crippen LogP contribution in [0.1, 0.15) is 28.8 Å². The Morgan fingerprint density at radius 2 is 1.75 bits per heavy atom. The molecular formula is C26H29N5O. The monoisotopic (exact) mass is 427 g/mol. The van der Waals surface area contributed by atoms with Gasteiger partial charge in [-0.25, -0.2) is 4.98 Å². The summed E-state index contributed by atoms with van der Waals surface area (Å²) in [5, 5.41) is 2.86. The van der Waals surface area contributed by atoms with E-state index in [0.717, 1.165) is 38.5 Å². The summed E-state index contributed by atoms with van der Waals surface area (Å²) < 4.78 is 0. The van der Waals surface area contributed by atoms with Gasteiger partial charge in [-0.1, -0.05) is 42.5 Å². The Kier molecular flexibility index (Phi) is 5.53. The Hall–Kier alpha value is -3.38. The highest BCUT2D eigenvalue weighted by Gasteiger charge is 2.43. The average molecular weight is 428 g/mol. The summed E-state index contributed by atoms with van der Waals surface area (Å²) in [4.78, 5) is 22.1. The van der Waals surface area contributed by atoms with Crippen molar-refractivity contribution in [1.29, 1.82) is 0 Å². The summed E-state index contributed by atoms with van der Waals surface area (Å²) in [6.07, 6.45) is 4.08. The fraction of sp³-hybridized carbons (Fsp3) is 0.308. The molecule has 5 rings (SSSR count). The summed E-state index contributed by atoms with van der Waals surface area (Å²) in [5.74, 6) is 0.742. The van der Waals surface area contributed by atoms with E-state index in [0.29, 0.717) is 22.4 Å². The van der Waals surface area contributed by atoms with Crippen LogP contribution in [0, 0.1) is 5.41 Å². The third-order valence-corrected chi connectivity index (χ3v) is 6.75. The molecule has 3 N–H and O–H groups in total. The second-order valence-electron chi connectivity index (χ2n) is 9.06. The summed E-state index contributed by atoms with van der Waals surface area (Å²) in [6, 6.07) is 21.8. The van der Waals surface area contributed by atoms with Gasteiger partial charge in [0.15, 0.2) is 0 Å². The molecule has 2 aliphatic heterocycles. The van der Waals surface area contributed by atoms with Crippen molar-refractivity contribution in [2.75, 3.05) is 42.1 Å². The number of carbonyl (C=O) groups is 1. The lowest BCUT2D eigenvalue weighted by Gasteiger charge is -2.25. The number of likely N-dealkylation sites (tertiary alicyclic amines) is 1. The number of nitrogens with one attached hydrogen (secondary N) is 1. The predicted octanol–water partition coefficient (Wildman–Crippen LogP) is 4.02. The minimum Gasteiger partial charge on any atom is -0.397 e. The maximum Gasteiger partial charge on any atom is 0.257 e. The third kappa shape index (κ3) is 4.32. The molecule has 2 aliphatic rings. The summed E-state index contributed by atoms with van der Waals surface area (Å²) in [5.41, 5.74) is 9.34. The fourth-order valence-corrected chi connectivity index (χ4v) is 4.98. The summed E-state index contributed by atoms with van der Waals surface area (Å²) in [7, 11) is 0. The first kappa shape index (κ1) is 20.5. The molecule has 6 nitrogen and oxygen atoms in total. The van der Waals surface area contributed by atoms with Gasteiger partial charge in [0.25, 0.3) is 5.91 Å². The molecule has 1 unspecified atom stereocenters. The van der Waals surface area contributed by atoms with E-state index in [1.165, 1.54) is 18.4 Å². The summed E-state index contributed by atoms with van der Waals surface area (Å²) in [6.45, 7) is 5.35. The van der Waals surface area contributed by atoms with Crippen molar-refractivity contribution < 1.29 is 4.79 Å². The topological polar surface area (TPSA) is 74.5 Å². The van der Waals surface area contributed by atoms with Crippen LogP contribution in [0.15, 0.2) is 72.9 Å². The van der Waals surface area contributed by atoms with E-state index in [1.54, 1.807) is 18.3 Å². The number of hydrogen-bond donors (Lipinski definition) is 2. The van der Waals surface area contributed by atoms with Gasteiger partial charge in [0.2, 0.25) is 0 Å². The van der Waals surface area contributed by atoms with Crippen LogP contribution < -0.4 is 16.0 Å². The molecule has 1 atom stereocenters. The zero-order valence-corrected chi connectivity index (χ0v) is 18.2. The predicted molar refractivity (Wildman–Crippen MR) is 129 cm³/mol. The van der Waals surface area contributed by atoms with Crippen molar-refractivity contribution in [3.8, 4) is 0 Å². The van der Waals surface area contributed by atoms with Gasteiger partial charge in [0, 0.05) is 37.8 Å². The van der Waals surface area contributed by atoms with Gasteiger partial charge in [-0.15, -0.1) is 0 Å². The van der Waals surface area contributed by atoms with Gasteiger partial charge in [-0.2, -0.15) is 0 Å². The molecule has 0 bridgehead atoms. The average Bonchev–Trinajstić information content (AvgIpc) is 3.42. The minimum atomic E-state index is -0.202. The molecule has 2 fully saturated rings. The molecule has 1 spiro atoms. The highest BCUT2D eigenvalue weighted by molar-refractivity contribution is 6.05. The molecular weight excluding hydrogens is 398 g/mol. The molecule has 164 valence electrons. The smallest absolute Gasteiger partial charge is 0.257 e. The standard InChI is InChI=1S/C26H29N5O/c27-22-8-4-5-9-23(22)29-25(32)21-10-11-24(28-16-21)31-15-13-26(19-31)12-14-30(18-26)17-20-6-2-1-3-7-20/h1-11,16H,12-15,17-19,27H2,(H,29,32). The van der Waals surface area contributed by atoms with Crippen LogP contribution in [0.2, 0.25) is 0 Å². The molecule has 6 heteroatoms. The molecule has 3 aromatic rings. The first-order chi connectivity index (χ1) is 15.6. The van der Waals surface area contributed by atoms with Gasteiger partial charge in [-0.3, -0.25) is 9.69 Å². The molecule has 3 heterocycles. The zero-order valence-electron chi connectivity index (χ0n) is 18.2. The van der Waals surface area contributed by atoms with Gasteiger partial charge >= 0.3 is 0 Å². The number of nitrogens with zero attached hydrogens (tertiary/aromatic N) is 3. The number of aromatic nitrogens is 1. The van der Waals surface area contributed by atoms with E-state index in [9.17, 15) is 4.79 Å². The summed E-state index contributed by atoms with van der Waals surface area (Å²) >= 11 is 0. The maximum absolute atomic E-state index is 12.6. The molecule has 0 radical (unpaired) electrons. The number of nitrogen functional groups attached to an aromatic ring is 1. The van der Waals surface area contributed by atoms with E-state index in [2.05, 4.69) is 50.4 Å². The minimum absolute atomic E-state index is 0.202. The van der Waals surface area contributed by atoms with Gasteiger partial charge in [0.05, 0.1) is 16.9 Å². The second-order valence-corrected chi connectivity index (χ2v) is 9.06. The molecule has 0 aliphatic carbocycles. The number of benzene rings is 2. The molecule has 2 aromatic carbocycles. The Morgan fingerprint density at radius 3 is 2.53 bits per heavy atom. The highest BCUT2D eigenvalue weighted by Crippen LogP contribution is 2.41. The Morgan fingerprint density at radius 1 is 0.969 bits per heavy atom. The first-order valence-corrected chi connectivity index (χ1v) is 11.2. The van der Waals surface area contributed by atoms with Gasteiger partial charge < -0.3 is 16.0 Å². The Bertz CT molecular complexity index is 1080. The number of para-hydroxylation sites is 2. The van der Waals surface area contributed by atoms with Crippen LogP contribution in [0.25, 0.3) is 0 Å².